The Kier molecular flexibility index (Phi) is 19.5. The van der Waals surface area contributed by atoms with E-state index in [-0.39, 0.29) is 43.4 Å². The fourth-order valence-electron chi connectivity index (χ4n) is 4.18. The van der Waals surface area contributed by atoms with Crippen molar-refractivity contribution in [3.63, 3.8) is 0 Å². The summed E-state index contributed by atoms with van der Waals surface area (Å²) >= 11 is 0. The standard InChI is InChI=1S/C26H47NO6/c1-2-3-4-5-6-7-8-9-10-11-12-13-14-15-16-20-27(21-17-24(28)29,22-18-25(30)31)23-19-26(32)33/h8-9H,2-7,10-23H2,1H3,(H2-,28,29,30,31,32,33)/b9-8+. The summed E-state index contributed by atoms with van der Waals surface area (Å²) in [5, 5.41) is 29.1. The molecule has 0 aromatic heterocycles. The van der Waals surface area contributed by atoms with E-state index in [2.05, 4.69) is 19.1 Å². The van der Waals surface area contributed by atoms with Gasteiger partial charge in [0.1, 0.15) is 0 Å². The predicted molar refractivity (Wildman–Crippen MR) is 129 cm³/mol. The third-order valence-electron chi connectivity index (χ3n) is 6.28. The monoisotopic (exact) mass is 469 g/mol. The lowest BCUT2D eigenvalue weighted by Gasteiger charge is -2.38. The van der Waals surface area contributed by atoms with Gasteiger partial charge in [-0.25, -0.2) is 0 Å². The second kappa shape index (κ2) is 20.7. The van der Waals surface area contributed by atoms with Crippen molar-refractivity contribution >= 4 is 17.9 Å². The lowest BCUT2D eigenvalue weighted by Crippen LogP contribution is -2.53. The highest BCUT2D eigenvalue weighted by molar-refractivity contribution is 5.67. The first kappa shape index (κ1) is 31.1. The van der Waals surface area contributed by atoms with Crippen molar-refractivity contribution in [3.05, 3.63) is 12.2 Å². The molecule has 0 aromatic rings. The molecular formula is C26H47NO6. The van der Waals surface area contributed by atoms with Gasteiger partial charge >= 0.3 is 11.9 Å². The predicted octanol–water partition coefficient (Wildman–Crippen LogP) is 4.54. The minimum Gasteiger partial charge on any atom is -0.550 e. The van der Waals surface area contributed by atoms with Gasteiger partial charge in [-0.05, 0) is 38.5 Å². The molecule has 0 bridgehead atoms. The van der Waals surface area contributed by atoms with Crippen molar-refractivity contribution in [1.82, 2.24) is 0 Å². The fourth-order valence-corrected chi connectivity index (χ4v) is 4.18. The zero-order valence-corrected chi connectivity index (χ0v) is 20.8. The third-order valence-corrected chi connectivity index (χ3v) is 6.28. The van der Waals surface area contributed by atoms with Crippen LogP contribution < -0.4 is 5.11 Å². The molecule has 2 N–H and O–H groups in total. The number of carboxylic acid groups (broad SMARTS) is 3. The van der Waals surface area contributed by atoms with E-state index in [1.807, 2.05) is 0 Å². The molecule has 0 aliphatic heterocycles. The van der Waals surface area contributed by atoms with Gasteiger partial charge in [0.2, 0.25) is 0 Å². The second-order valence-corrected chi connectivity index (χ2v) is 9.23. The molecule has 0 heterocycles. The molecule has 0 saturated heterocycles. The highest BCUT2D eigenvalue weighted by atomic mass is 16.4. The van der Waals surface area contributed by atoms with E-state index in [0.717, 1.165) is 32.1 Å². The number of nitrogens with zero attached hydrogens (tertiary/aromatic N) is 1. The zero-order valence-electron chi connectivity index (χ0n) is 20.8. The smallest absolute Gasteiger partial charge is 0.309 e. The van der Waals surface area contributed by atoms with Gasteiger partial charge in [0, 0.05) is 12.4 Å². The molecular weight excluding hydrogens is 422 g/mol. The van der Waals surface area contributed by atoms with Crippen molar-refractivity contribution in [1.29, 1.82) is 0 Å². The molecule has 0 atom stereocenters. The molecule has 7 nitrogen and oxygen atoms in total. The lowest BCUT2D eigenvalue weighted by atomic mass is 10.1. The lowest BCUT2D eigenvalue weighted by molar-refractivity contribution is -0.927. The summed E-state index contributed by atoms with van der Waals surface area (Å²) in [5.41, 5.74) is 0. The molecule has 33 heavy (non-hydrogen) atoms. The van der Waals surface area contributed by atoms with Crippen LogP contribution in [0, 0.1) is 0 Å². The maximum Gasteiger partial charge on any atom is 0.309 e. The Hall–Kier alpha value is -1.89. The molecule has 0 rings (SSSR count). The van der Waals surface area contributed by atoms with Gasteiger partial charge < -0.3 is 24.6 Å². The highest BCUT2D eigenvalue weighted by Gasteiger charge is 2.28. The van der Waals surface area contributed by atoms with Gasteiger partial charge in [-0.3, -0.25) is 9.59 Å². The Balaban J connectivity index is 4.18. The maximum absolute atomic E-state index is 11.1. The first-order valence-corrected chi connectivity index (χ1v) is 12.9. The number of aliphatic carboxylic acids is 3. The average molecular weight is 470 g/mol. The van der Waals surface area contributed by atoms with Crippen molar-refractivity contribution in [2.45, 2.75) is 110 Å². The van der Waals surface area contributed by atoms with Crippen LogP contribution in [0.4, 0.5) is 0 Å². The van der Waals surface area contributed by atoms with Crippen LogP contribution >= 0.6 is 0 Å². The Bertz CT molecular complexity index is 515. The number of unbranched alkanes of at least 4 members (excludes halogenated alkanes) is 11. The molecule has 192 valence electrons. The quantitative estimate of drug-likeness (QED) is 0.122. The largest absolute Gasteiger partial charge is 0.550 e. The van der Waals surface area contributed by atoms with Crippen molar-refractivity contribution in [2.75, 3.05) is 26.2 Å². The number of hydrogen-bond acceptors (Lipinski definition) is 4. The van der Waals surface area contributed by atoms with Crippen molar-refractivity contribution in [2.24, 2.45) is 0 Å². The van der Waals surface area contributed by atoms with E-state index in [1.54, 1.807) is 0 Å². The van der Waals surface area contributed by atoms with Gasteiger partial charge in [0.25, 0.3) is 0 Å². The number of allylic oxidation sites excluding steroid dienone is 2. The minimum atomic E-state index is -1.19. The molecule has 0 saturated carbocycles. The van der Waals surface area contributed by atoms with Crippen LogP contribution in [0.2, 0.25) is 0 Å². The summed E-state index contributed by atoms with van der Waals surface area (Å²) in [7, 11) is 0. The third kappa shape index (κ3) is 20.4. The van der Waals surface area contributed by atoms with E-state index in [0.29, 0.717) is 6.54 Å². The van der Waals surface area contributed by atoms with Crippen LogP contribution in [0.15, 0.2) is 12.2 Å². The van der Waals surface area contributed by atoms with E-state index in [9.17, 15) is 19.5 Å². The Labute approximate surface area is 200 Å². The molecule has 0 unspecified atom stereocenters. The van der Waals surface area contributed by atoms with E-state index >= 15 is 0 Å². The van der Waals surface area contributed by atoms with E-state index < -0.39 is 17.9 Å². The summed E-state index contributed by atoms with van der Waals surface area (Å²) in [6.45, 7) is 3.56. The molecule has 0 radical (unpaired) electrons. The number of carbonyl (C=O) groups excluding carboxylic acids is 1. The van der Waals surface area contributed by atoms with Crippen LogP contribution in [0.3, 0.4) is 0 Å². The van der Waals surface area contributed by atoms with E-state index in [4.69, 9.17) is 10.2 Å². The van der Waals surface area contributed by atoms with Crippen LogP contribution in [-0.4, -0.2) is 58.8 Å². The molecule has 0 spiro atoms. The Morgan fingerprint density at radius 1 is 0.636 bits per heavy atom. The van der Waals surface area contributed by atoms with Crippen molar-refractivity contribution < 1.29 is 34.2 Å². The number of carbonyl (C=O) groups is 3. The molecule has 0 aromatic carbocycles. The normalized spacial score (nSPS) is 11.8. The summed E-state index contributed by atoms with van der Waals surface area (Å²) in [6.07, 6.45) is 19.6. The second-order valence-electron chi connectivity index (χ2n) is 9.23. The minimum absolute atomic E-state index is 0.0983. The van der Waals surface area contributed by atoms with Crippen molar-refractivity contribution in [3.8, 4) is 0 Å². The maximum atomic E-state index is 11.1. The highest BCUT2D eigenvalue weighted by Crippen LogP contribution is 2.16. The van der Waals surface area contributed by atoms with Gasteiger partial charge in [-0.15, -0.1) is 0 Å². The average Bonchev–Trinajstić information content (AvgIpc) is 2.76. The van der Waals surface area contributed by atoms with Crippen LogP contribution in [0.25, 0.3) is 0 Å². The first-order valence-electron chi connectivity index (χ1n) is 12.9. The molecule has 0 aliphatic carbocycles. The van der Waals surface area contributed by atoms with Gasteiger partial charge in [-0.1, -0.05) is 64.0 Å². The number of quaternary nitrogens is 1. The molecule has 0 fully saturated rings. The fraction of sp³-hybridized carbons (Fsp3) is 0.808. The first-order chi connectivity index (χ1) is 15.8. The molecule has 0 amide bonds. The van der Waals surface area contributed by atoms with Crippen LogP contribution in [0.5, 0.6) is 0 Å². The zero-order chi connectivity index (χ0) is 24.8. The number of hydrogen-bond donors (Lipinski definition) is 2. The summed E-state index contributed by atoms with van der Waals surface area (Å²) in [6, 6.07) is 0. The Morgan fingerprint density at radius 2 is 1.06 bits per heavy atom. The molecule has 0 aliphatic rings. The SMILES string of the molecule is CCCCCCC/C=C/CCCCCCCC[N+](CCC(=O)[O-])(CCC(=O)O)CCC(=O)O. The van der Waals surface area contributed by atoms with E-state index in [1.165, 1.54) is 51.4 Å². The summed E-state index contributed by atoms with van der Waals surface area (Å²) in [4.78, 5) is 33.1. The van der Waals surface area contributed by atoms with Crippen LogP contribution in [0.1, 0.15) is 110 Å². The number of rotatable bonds is 24. The number of carboxylic acids is 3. The van der Waals surface area contributed by atoms with Crippen LogP contribution in [-0.2, 0) is 14.4 Å². The molecule has 7 heteroatoms. The Morgan fingerprint density at radius 3 is 1.52 bits per heavy atom. The topological polar surface area (TPSA) is 115 Å². The van der Waals surface area contributed by atoms with Gasteiger partial charge in [0.15, 0.2) is 0 Å². The van der Waals surface area contributed by atoms with Gasteiger partial charge in [-0.2, -0.15) is 0 Å². The summed E-state index contributed by atoms with van der Waals surface area (Å²) in [5.74, 6) is -3.09. The summed E-state index contributed by atoms with van der Waals surface area (Å²) < 4.78 is 0.218. The van der Waals surface area contributed by atoms with Gasteiger partial charge in [0.05, 0.1) is 39.0 Å².